The van der Waals surface area contributed by atoms with Gasteiger partial charge in [0.15, 0.2) is 0 Å². The lowest BCUT2D eigenvalue weighted by Crippen LogP contribution is -2.33. The van der Waals surface area contributed by atoms with E-state index >= 15 is 0 Å². The van der Waals surface area contributed by atoms with Crippen molar-refractivity contribution in [3.8, 4) is 0 Å². The molecule has 1 N–H and O–H groups in total. The van der Waals surface area contributed by atoms with Gasteiger partial charge in [0, 0.05) is 18.3 Å². The number of nitrogens with zero attached hydrogens (tertiary/aromatic N) is 2. The standard InChI is InChI=1S/C13H21N3/c1-4-11-8-12(16-10(2)15-11)14-9-13(3)6-5-7-13/h8H,4-7,9H2,1-3H3,(H,14,15,16). The molecule has 1 aliphatic carbocycles. The number of aromatic nitrogens is 2. The minimum absolute atomic E-state index is 0.491. The van der Waals surface area contributed by atoms with Gasteiger partial charge in [-0.3, -0.25) is 0 Å². The van der Waals surface area contributed by atoms with Crippen LogP contribution >= 0.6 is 0 Å². The third-order valence-corrected chi connectivity index (χ3v) is 3.51. The lowest BCUT2D eigenvalue weighted by molar-refractivity contribution is 0.180. The zero-order valence-corrected chi connectivity index (χ0v) is 10.5. The van der Waals surface area contributed by atoms with Crippen molar-refractivity contribution in [2.75, 3.05) is 11.9 Å². The predicted octanol–water partition coefficient (Wildman–Crippen LogP) is 2.95. The van der Waals surface area contributed by atoms with Crippen LogP contribution in [0.4, 0.5) is 5.82 Å². The zero-order chi connectivity index (χ0) is 11.6. The van der Waals surface area contributed by atoms with E-state index in [4.69, 9.17) is 0 Å². The van der Waals surface area contributed by atoms with E-state index in [1.807, 2.05) is 6.92 Å². The average Bonchev–Trinajstić information content (AvgIpc) is 2.23. The van der Waals surface area contributed by atoms with Gasteiger partial charge in [-0.05, 0) is 31.6 Å². The Morgan fingerprint density at radius 2 is 2.12 bits per heavy atom. The van der Waals surface area contributed by atoms with E-state index < -0.39 is 0 Å². The molecule has 0 radical (unpaired) electrons. The van der Waals surface area contributed by atoms with Crippen LogP contribution in [0.3, 0.4) is 0 Å². The number of hydrogen-bond acceptors (Lipinski definition) is 3. The molecule has 2 rings (SSSR count). The first kappa shape index (κ1) is 11.4. The molecule has 88 valence electrons. The summed E-state index contributed by atoms with van der Waals surface area (Å²) >= 11 is 0. The van der Waals surface area contributed by atoms with Crippen LogP contribution in [0.2, 0.25) is 0 Å². The molecular weight excluding hydrogens is 198 g/mol. The van der Waals surface area contributed by atoms with E-state index in [9.17, 15) is 0 Å². The van der Waals surface area contributed by atoms with Gasteiger partial charge in [0.1, 0.15) is 11.6 Å². The van der Waals surface area contributed by atoms with E-state index in [2.05, 4.69) is 35.2 Å². The summed E-state index contributed by atoms with van der Waals surface area (Å²) < 4.78 is 0. The molecule has 0 aromatic carbocycles. The molecule has 0 aliphatic heterocycles. The Hall–Kier alpha value is -1.12. The minimum atomic E-state index is 0.491. The summed E-state index contributed by atoms with van der Waals surface area (Å²) in [6.45, 7) is 7.46. The lowest BCUT2D eigenvalue weighted by atomic mass is 9.70. The van der Waals surface area contributed by atoms with Gasteiger partial charge in [0.25, 0.3) is 0 Å². The Morgan fingerprint density at radius 3 is 2.69 bits per heavy atom. The number of hydrogen-bond donors (Lipinski definition) is 1. The van der Waals surface area contributed by atoms with Gasteiger partial charge in [-0.1, -0.05) is 20.3 Å². The summed E-state index contributed by atoms with van der Waals surface area (Å²) in [4.78, 5) is 8.80. The Bertz CT molecular complexity index is 369. The number of anilines is 1. The molecule has 1 aromatic heterocycles. The molecule has 1 aliphatic rings. The molecule has 1 fully saturated rings. The fourth-order valence-electron chi connectivity index (χ4n) is 2.16. The van der Waals surface area contributed by atoms with Crippen molar-refractivity contribution in [1.29, 1.82) is 0 Å². The highest BCUT2D eigenvalue weighted by Crippen LogP contribution is 2.40. The molecule has 1 heterocycles. The molecule has 0 atom stereocenters. The molecule has 0 saturated heterocycles. The van der Waals surface area contributed by atoms with Crippen molar-refractivity contribution < 1.29 is 0 Å². The summed E-state index contributed by atoms with van der Waals surface area (Å²) in [7, 11) is 0. The molecule has 0 amide bonds. The number of nitrogens with one attached hydrogen (secondary N) is 1. The van der Waals surface area contributed by atoms with Gasteiger partial charge < -0.3 is 5.32 Å². The molecule has 3 heteroatoms. The van der Waals surface area contributed by atoms with E-state index in [-0.39, 0.29) is 0 Å². The lowest BCUT2D eigenvalue weighted by Gasteiger charge is -2.38. The quantitative estimate of drug-likeness (QED) is 0.846. The molecule has 3 nitrogen and oxygen atoms in total. The third kappa shape index (κ3) is 2.52. The Morgan fingerprint density at radius 1 is 1.38 bits per heavy atom. The maximum Gasteiger partial charge on any atom is 0.129 e. The fraction of sp³-hybridized carbons (Fsp3) is 0.692. The molecule has 0 unspecified atom stereocenters. The van der Waals surface area contributed by atoms with Crippen LogP contribution in [0.1, 0.15) is 44.6 Å². The molecule has 1 aromatic rings. The summed E-state index contributed by atoms with van der Waals surface area (Å²) in [5.41, 5.74) is 1.61. The van der Waals surface area contributed by atoms with Crippen molar-refractivity contribution in [1.82, 2.24) is 9.97 Å². The summed E-state index contributed by atoms with van der Waals surface area (Å²) in [6, 6.07) is 2.06. The average molecular weight is 219 g/mol. The number of aryl methyl sites for hydroxylation is 2. The van der Waals surface area contributed by atoms with Gasteiger partial charge in [-0.25, -0.2) is 9.97 Å². The summed E-state index contributed by atoms with van der Waals surface area (Å²) in [6.07, 6.45) is 5.02. The second-order valence-corrected chi connectivity index (χ2v) is 5.16. The maximum atomic E-state index is 4.42. The van der Waals surface area contributed by atoms with Gasteiger partial charge >= 0.3 is 0 Å². The molecule has 0 bridgehead atoms. The first-order valence-electron chi connectivity index (χ1n) is 6.20. The first-order valence-corrected chi connectivity index (χ1v) is 6.20. The van der Waals surface area contributed by atoms with Crippen LogP contribution < -0.4 is 5.32 Å². The number of rotatable bonds is 4. The van der Waals surface area contributed by atoms with Crippen molar-refractivity contribution in [2.24, 2.45) is 5.41 Å². The highest BCUT2D eigenvalue weighted by atomic mass is 15.0. The van der Waals surface area contributed by atoms with Gasteiger partial charge in [0.05, 0.1) is 0 Å². The van der Waals surface area contributed by atoms with Gasteiger partial charge in [-0.2, -0.15) is 0 Å². The van der Waals surface area contributed by atoms with E-state index in [0.717, 1.165) is 30.3 Å². The zero-order valence-electron chi connectivity index (χ0n) is 10.5. The second kappa shape index (κ2) is 4.40. The van der Waals surface area contributed by atoms with Crippen LogP contribution in [-0.2, 0) is 6.42 Å². The Balaban J connectivity index is 2.00. The van der Waals surface area contributed by atoms with Gasteiger partial charge in [0.2, 0.25) is 0 Å². The molecule has 0 spiro atoms. The van der Waals surface area contributed by atoms with Crippen molar-refractivity contribution in [3.05, 3.63) is 17.6 Å². The Kier molecular flexibility index (Phi) is 3.13. The van der Waals surface area contributed by atoms with Crippen LogP contribution in [0, 0.1) is 12.3 Å². The summed E-state index contributed by atoms with van der Waals surface area (Å²) in [5.74, 6) is 1.85. The topological polar surface area (TPSA) is 37.8 Å². The predicted molar refractivity (Wildman–Crippen MR) is 66.6 cm³/mol. The van der Waals surface area contributed by atoms with E-state index in [1.54, 1.807) is 0 Å². The van der Waals surface area contributed by atoms with Crippen LogP contribution in [0.25, 0.3) is 0 Å². The first-order chi connectivity index (χ1) is 7.61. The SMILES string of the molecule is CCc1cc(NCC2(C)CCC2)nc(C)n1. The second-order valence-electron chi connectivity index (χ2n) is 5.16. The summed E-state index contributed by atoms with van der Waals surface area (Å²) in [5, 5.41) is 3.45. The van der Waals surface area contributed by atoms with Gasteiger partial charge in [-0.15, -0.1) is 0 Å². The normalized spacial score (nSPS) is 17.9. The van der Waals surface area contributed by atoms with E-state index in [0.29, 0.717) is 5.41 Å². The maximum absolute atomic E-state index is 4.42. The monoisotopic (exact) mass is 219 g/mol. The largest absolute Gasteiger partial charge is 0.369 e. The molecular formula is C13H21N3. The van der Waals surface area contributed by atoms with Crippen LogP contribution in [0.5, 0.6) is 0 Å². The molecule has 1 saturated carbocycles. The van der Waals surface area contributed by atoms with Crippen molar-refractivity contribution >= 4 is 5.82 Å². The highest BCUT2D eigenvalue weighted by molar-refractivity contribution is 5.36. The molecule has 16 heavy (non-hydrogen) atoms. The van der Waals surface area contributed by atoms with E-state index in [1.165, 1.54) is 19.3 Å². The van der Waals surface area contributed by atoms with Crippen molar-refractivity contribution in [2.45, 2.75) is 46.5 Å². The fourth-order valence-corrected chi connectivity index (χ4v) is 2.16. The highest BCUT2D eigenvalue weighted by Gasteiger charge is 2.31. The minimum Gasteiger partial charge on any atom is -0.369 e. The van der Waals surface area contributed by atoms with Crippen LogP contribution in [-0.4, -0.2) is 16.5 Å². The Labute approximate surface area is 97.7 Å². The smallest absolute Gasteiger partial charge is 0.129 e. The van der Waals surface area contributed by atoms with Crippen molar-refractivity contribution in [3.63, 3.8) is 0 Å². The third-order valence-electron chi connectivity index (χ3n) is 3.51. The van der Waals surface area contributed by atoms with Crippen LogP contribution in [0.15, 0.2) is 6.07 Å².